The van der Waals surface area contributed by atoms with Crippen LogP contribution in [0.15, 0.2) is 52.4 Å². The maximum Gasteiger partial charge on any atom is 0.143 e. The Morgan fingerprint density at radius 3 is 2.81 bits per heavy atom. The Morgan fingerprint density at radius 1 is 1.24 bits per heavy atom. The molecule has 106 valence electrons. The van der Waals surface area contributed by atoms with Crippen molar-refractivity contribution in [2.45, 2.75) is 6.54 Å². The summed E-state index contributed by atoms with van der Waals surface area (Å²) in [5.41, 5.74) is 3.05. The molecule has 0 spiro atoms. The van der Waals surface area contributed by atoms with Crippen molar-refractivity contribution < 1.29 is 0 Å². The molecule has 3 aromatic rings. The fourth-order valence-corrected chi connectivity index (χ4v) is 3.02. The van der Waals surface area contributed by atoms with E-state index in [0.717, 1.165) is 26.4 Å². The highest BCUT2D eigenvalue weighted by Gasteiger charge is 2.05. The van der Waals surface area contributed by atoms with Crippen molar-refractivity contribution in [3.63, 3.8) is 0 Å². The summed E-state index contributed by atoms with van der Waals surface area (Å²) in [7, 11) is 0. The predicted octanol–water partition coefficient (Wildman–Crippen LogP) is 5.23. The van der Waals surface area contributed by atoms with Crippen LogP contribution in [0, 0.1) is 0 Å². The number of aromatic nitrogens is 2. The Balaban J connectivity index is 1.69. The van der Waals surface area contributed by atoms with E-state index in [1.807, 2.05) is 24.3 Å². The molecule has 1 N–H and O–H groups in total. The van der Waals surface area contributed by atoms with Gasteiger partial charge in [-0.15, -0.1) is 11.3 Å². The van der Waals surface area contributed by atoms with Crippen molar-refractivity contribution in [3.8, 4) is 11.3 Å². The van der Waals surface area contributed by atoms with Crippen LogP contribution in [-0.2, 0) is 6.54 Å². The number of thiazole rings is 1. The summed E-state index contributed by atoms with van der Waals surface area (Å²) in [5.74, 6) is 0. The van der Waals surface area contributed by atoms with Gasteiger partial charge in [0.15, 0.2) is 0 Å². The van der Waals surface area contributed by atoms with Gasteiger partial charge in [0.2, 0.25) is 0 Å². The molecule has 2 aromatic heterocycles. The molecule has 0 aliphatic heterocycles. The molecule has 0 fully saturated rings. The molecule has 0 aliphatic rings. The van der Waals surface area contributed by atoms with Crippen molar-refractivity contribution >= 4 is 44.6 Å². The number of halogens is 2. The van der Waals surface area contributed by atoms with Crippen LogP contribution in [0.4, 0.5) is 5.69 Å². The first kappa shape index (κ1) is 14.5. The molecule has 0 radical (unpaired) electrons. The third-order valence-corrected chi connectivity index (χ3v) is 4.84. The van der Waals surface area contributed by atoms with Crippen LogP contribution in [0.3, 0.4) is 0 Å². The van der Waals surface area contributed by atoms with Gasteiger partial charge in [0.05, 0.1) is 28.6 Å². The van der Waals surface area contributed by atoms with E-state index < -0.39 is 0 Å². The smallest absolute Gasteiger partial charge is 0.143 e. The molecule has 0 aliphatic carbocycles. The maximum atomic E-state index is 5.87. The van der Waals surface area contributed by atoms with Gasteiger partial charge in [-0.3, -0.25) is 0 Å². The van der Waals surface area contributed by atoms with E-state index in [-0.39, 0.29) is 0 Å². The number of benzene rings is 1. The molecule has 1 aromatic carbocycles. The molecular formula is C15H11BrClN3S. The zero-order valence-corrected chi connectivity index (χ0v) is 14.0. The number of nitrogens with zero attached hydrogens (tertiary/aromatic N) is 2. The van der Waals surface area contributed by atoms with Gasteiger partial charge in [0.1, 0.15) is 10.2 Å². The van der Waals surface area contributed by atoms with Crippen LogP contribution < -0.4 is 5.32 Å². The normalized spacial score (nSPS) is 10.6. The zero-order valence-electron chi connectivity index (χ0n) is 10.9. The van der Waals surface area contributed by atoms with E-state index in [1.54, 1.807) is 17.5 Å². The zero-order chi connectivity index (χ0) is 14.7. The number of anilines is 1. The second kappa shape index (κ2) is 6.56. The van der Waals surface area contributed by atoms with E-state index in [9.17, 15) is 0 Å². The molecule has 3 rings (SSSR count). The minimum absolute atomic E-state index is 0.459. The van der Waals surface area contributed by atoms with Gasteiger partial charge in [-0.25, -0.2) is 9.97 Å². The maximum absolute atomic E-state index is 5.87. The molecule has 6 heteroatoms. The lowest BCUT2D eigenvalue weighted by Gasteiger charge is -2.04. The summed E-state index contributed by atoms with van der Waals surface area (Å²) in [6.45, 7) is 0.660. The Bertz CT molecular complexity index is 746. The SMILES string of the molecule is Clc1ncc(NCc2nc(-c3ccccc3)cs2)cc1Br. The monoisotopic (exact) mass is 379 g/mol. The van der Waals surface area contributed by atoms with Gasteiger partial charge >= 0.3 is 0 Å². The average molecular weight is 381 g/mol. The van der Waals surface area contributed by atoms with Gasteiger partial charge in [0, 0.05) is 10.9 Å². The lowest BCUT2D eigenvalue weighted by atomic mass is 10.2. The second-order valence-electron chi connectivity index (χ2n) is 4.34. The van der Waals surface area contributed by atoms with Crippen LogP contribution in [0.1, 0.15) is 5.01 Å². The average Bonchev–Trinajstić information content (AvgIpc) is 2.98. The number of hydrogen-bond donors (Lipinski definition) is 1. The standard InChI is InChI=1S/C15H11BrClN3S/c16-12-6-11(7-19-15(12)17)18-8-14-20-13(9-21-14)10-4-2-1-3-5-10/h1-7,9,18H,8H2. The summed E-state index contributed by atoms with van der Waals surface area (Å²) in [6, 6.07) is 12.1. The van der Waals surface area contributed by atoms with E-state index >= 15 is 0 Å². The van der Waals surface area contributed by atoms with Crippen molar-refractivity contribution in [2.75, 3.05) is 5.32 Å². The summed E-state index contributed by atoms with van der Waals surface area (Å²) < 4.78 is 0.776. The molecule has 0 bridgehead atoms. The van der Waals surface area contributed by atoms with Gasteiger partial charge in [0.25, 0.3) is 0 Å². The predicted molar refractivity (Wildman–Crippen MR) is 91.8 cm³/mol. The number of rotatable bonds is 4. The molecule has 0 saturated heterocycles. The van der Waals surface area contributed by atoms with E-state index in [4.69, 9.17) is 11.6 Å². The first-order chi connectivity index (χ1) is 10.2. The van der Waals surface area contributed by atoms with E-state index in [0.29, 0.717) is 11.7 Å². The minimum Gasteiger partial charge on any atom is -0.377 e. The lowest BCUT2D eigenvalue weighted by Crippen LogP contribution is -1.99. The van der Waals surface area contributed by atoms with E-state index in [2.05, 4.69) is 48.7 Å². The summed E-state index contributed by atoms with van der Waals surface area (Å²) in [5, 5.41) is 6.85. The summed E-state index contributed by atoms with van der Waals surface area (Å²) in [6.07, 6.45) is 1.71. The Labute approximate surface area is 140 Å². The molecule has 3 nitrogen and oxygen atoms in total. The molecule has 2 heterocycles. The quantitative estimate of drug-likeness (QED) is 0.629. The lowest BCUT2D eigenvalue weighted by molar-refractivity contribution is 1.10. The van der Waals surface area contributed by atoms with Crippen molar-refractivity contribution in [1.29, 1.82) is 0 Å². The minimum atomic E-state index is 0.459. The topological polar surface area (TPSA) is 37.8 Å². The van der Waals surface area contributed by atoms with Gasteiger partial charge in [-0.05, 0) is 22.0 Å². The Morgan fingerprint density at radius 2 is 2.05 bits per heavy atom. The third kappa shape index (κ3) is 3.61. The van der Waals surface area contributed by atoms with Gasteiger partial charge < -0.3 is 5.32 Å². The van der Waals surface area contributed by atoms with Gasteiger partial charge in [-0.2, -0.15) is 0 Å². The number of hydrogen-bond acceptors (Lipinski definition) is 4. The highest BCUT2D eigenvalue weighted by Crippen LogP contribution is 2.25. The fourth-order valence-electron chi connectivity index (χ4n) is 1.83. The Hall–Kier alpha value is -1.43. The fraction of sp³-hybridized carbons (Fsp3) is 0.0667. The van der Waals surface area contributed by atoms with Crippen LogP contribution in [0.25, 0.3) is 11.3 Å². The third-order valence-electron chi connectivity index (χ3n) is 2.86. The second-order valence-corrected chi connectivity index (χ2v) is 6.50. The first-order valence-corrected chi connectivity index (χ1v) is 8.32. The summed E-state index contributed by atoms with van der Waals surface area (Å²) >= 11 is 10.9. The van der Waals surface area contributed by atoms with Crippen LogP contribution in [0.2, 0.25) is 5.15 Å². The van der Waals surface area contributed by atoms with E-state index in [1.165, 1.54) is 0 Å². The van der Waals surface area contributed by atoms with Crippen LogP contribution in [0.5, 0.6) is 0 Å². The van der Waals surface area contributed by atoms with Crippen molar-refractivity contribution in [3.05, 3.63) is 62.6 Å². The van der Waals surface area contributed by atoms with Crippen LogP contribution >= 0.6 is 38.9 Å². The van der Waals surface area contributed by atoms with Crippen molar-refractivity contribution in [1.82, 2.24) is 9.97 Å². The Kier molecular flexibility index (Phi) is 4.53. The number of nitrogens with one attached hydrogen (secondary N) is 1. The summed E-state index contributed by atoms with van der Waals surface area (Å²) in [4.78, 5) is 8.72. The molecular weight excluding hydrogens is 370 g/mol. The number of pyridine rings is 1. The molecule has 0 unspecified atom stereocenters. The van der Waals surface area contributed by atoms with Crippen molar-refractivity contribution in [2.24, 2.45) is 0 Å². The molecule has 21 heavy (non-hydrogen) atoms. The highest BCUT2D eigenvalue weighted by molar-refractivity contribution is 9.10. The van der Waals surface area contributed by atoms with Crippen LogP contribution in [-0.4, -0.2) is 9.97 Å². The molecule has 0 amide bonds. The molecule has 0 atom stereocenters. The molecule has 0 saturated carbocycles. The largest absolute Gasteiger partial charge is 0.377 e. The van der Waals surface area contributed by atoms with Gasteiger partial charge in [-0.1, -0.05) is 41.9 Å². The first-order valence-electron chi connectivity index (χ1n) is 6.27. The highest BCUT2D eigenvalue weighted by atomic mass is 79.9.